The van der Waals surface area contributed by atoms with Gasteiger partial charge in [-0.05, 0) is 36.1 Å². The van der Waals surface area contributed by atoms with Crippen LogP contribution in [-0.2, 0) is 20.9 Å². The van der Waals surface area contributed by atoms with Crippen molar-refractivity contribution in [3.63, 3.8) is 0 Å². The zero-order valence-electron chi connectivity index (χ0n) is 18.8. The summed E-state index contributed by atoms with van der Waals surface area (Å²) in [7, 11) is 1.61. The van der Waals surface area contributed by atoms with E-state index in [9.17, 15) is 9.59 Å². The lowest BCUT2D eigenvalue weighted by Crippen LogP contribution is -2.24. The first-order chi connectivity index (χ1) is 15.4. The first-order valence-electron chi connectivity index (χ1n) is 10.8. The Balaban J connectivity index is 1.57. The summed E-state index contributed by atoms with van der Waals surface area (Å²) in [6.45, 7) is 6.57. The molecule has 2 N–H and O–H groups in total. The number of aromatic nitrogens is 2. The van der Waals surface area contributed by atoms with Crippen LogP contribution in [0.25, 0.3) is 11.1 Å². The van der Waals surface area contributed by atoms with E-state index in [0.29, 0.717) is 24.0 Å². The van der Waals surface area contributed by atoms with Crippen molar-refractivity contribution < 1.29 is 14.3 Å². The summed E-state index contributed by atoms with van der Waals surface area (Å²) in [5.41, 5.74) is 5.55. The highest BCUT2D eigenvalue weighted by Crippen LogP contribution is 2.39. The van der Waals surface area contributed by atoms with Gasteiger partial charge in [-0.3, -0.25) is 9.59 Å². The van der Waals surface area contributed by atoms with E-state index in [4.69, 9.17) is 4.74 Å². The van der Waals surface area contributed by atoms with Crippen molar-refractivity contribution in [3.05, 3.63) is 65.4 Å². The molecule has 0 fully saturated rings. The quantitative estimate of drug-likeness (QED) is 0.569. The molecule has 0 bridgehead atoms. The monoisotopic (exact) mass is 432 g/mol. The zero-order chi connectivity index (χ0) is 22.8. The minimum absolute atomic E-state index is 0.00773. The first kappa shape index (κ1) is 21.8. The molecule has 1 aliphatic rings. The number of aryl methyl sites for hydroxylation is 1. The Hall–Kier alpha value is -3.45. The molecule has 1 unspecified atom stereocenters. The van der Waals surface area contributed by atoms with Crippen LogP contribution in [0.2, 0.25) is 0 Å². The van der Waals surface area contributed by atoms with Gasteiger partial charge in [-0.2, -0.15) is 5.10 Å². The largest absolute Gasteiger partial charge is 0.378 e. The molecule has 7 nitrogen and oxygen atoms in total. The lowest BCUT2D eigenvalue weighted by molar-refractivity contribution is -0.123. The number of hydrogen-bond acceptors (Lipinski definition) is 4. The fourth-order valence-electron chi connectivity index (χ4n) is 3.92. The molecule has 0 saturated carbocycles. The first-order valence-corrected chi connectivity index (χ1v) is 10.8. The number of nitrogens with one attached hydrogen (secondary N) is 2. The van der Waals surface area contributed by atoms with Crippen molar-refractivity contribution in [2.75, 3.05) is 17.7 Å². The van der Waals surface area contributed by atoms with Gasteiger partial charge in [0.1, 0.15) is 11.9 Å². The van der Waals surface area contributed by atoms with Crippen molar-refractivity contribution in [2.24, 2.45) is 0 Å². The summed E-state index contributed by atoms with van der Waals surface area (Å²) in [5.74, 6) is 0.542. The average molecular weight is 433 g/mol. The molecule has 166 valence electrons. The number of benzene rings is 2. The molecule has 2 aromatic carbocycles. The number of amides is 2. The van der Waals surface area contributed by atoms with E-state index < -0.39 is 6.04 Å². The summed E-state index contributed by atoms with van der Waals surface area (Å²) >= 11 is 0. The molecule has 0 spiro atoms. The Morgan fingerprint density at radius 1 is 1.16 bits per heavy atom. The topological polar surface area (TPSA) is 85.2 Å². The lowest BCUT2D eigenvalue weighted by atomic mass is 10.0. The van der Waals surface area contributed by atoms with Crippen LogP contribution in [0.3, 0.4) is 0 Å². The van der Waals surface area contributed by atoms with Gasteiger partial charge in [-0.15, -0.1) is 0 Å². The second-order valence-electron chi connectivity index (χ2n) is 8.45. The van der Waals surface area contributed by atoms with Gasteiger partial charge in [-0.1, -0.05) is 55.8 Å². The van der Waals surface area contributed by atoms with Crippen LogP contribution in [0.15, 0.2) is 48.5 Å². The maximum Gasteiger partial charge on any atom is 0.251 e. The molecule has 0 radical (unpaired) electrons. The third-order valence-electron chi connectivity index (χ3n) is 5.68. The Morgan fingerprint density at radius 3 is 2.47 bits per heavy atom. The molecule has 7 heteroatoms. The maximum atomic E-state index is 12.7. The summed E-state index contributed by atoms with van der Waals surface area (Å²) in [6.07, 6.45) is -0.00773. The highest BCUT2D eigenvalue weighted by atomic mass is 16.5. The van der Waals surface area contributed by atoms with Gasteiger partial charge in [0.15, 0.2) is 0 Å². The Labute approximate surface area is 187 Å². The van der Waals surface area contributed by atoms with Gasteiger partial charge in [0.2, 0.25) is 5.91 Å². The van der Waals surface area contributed by atoms with Crippen LogP contribution in [0.4, 0.5) is 11.5 Å². The number of nitrogens with zero attached hydrogens (tertiary/aromatic N) is 2. The van der Waals surface area contributed by atoms with Crippen LogP contribution in [-0.4, -0.2) is 28.7 Å². The van der Waals surface area contributed by atoms with Gasteiger partial charge < -0.3 is 15.4 Å². The smallest absolute Gasteiger partial charge is 0.251 e. The number of ether oxygens (including phenoxy) is 1. The number of anilines is 2. The number of methoxy groups -OCH3 is 1. The van der Waals surface area contributed by atoms with Gasteiger partial charge in [0.25, 0.3) is 5.91 Å². The third kappa shape index (κ3) is 4.29. The maximum absolute atomic E-state index is 12.7. The van der Waals surface area contributed by atoms with Gasteiger partial charge in [0, 0.05) is 18.4 Å². The van der Waals surface area contributed by atoms with E-state index in [1.54, 1.807) is 11.8 Å². The van der Waals surface area contributed by atoms with Crippen molar-refractivity contribution in [1.82, 2.24) is 9.78 Å². The van der Waals surface area contributed by atoms with Crippen LogP contribution in [0.1, 0.15) is 49.0 Å². The van der Waals surface area contributed by atoms with Crippen LogP contribution in [0, 0.1) is 6.92 Å². The van der Waals surface area contributed by atoms with Crippen LogP contribution >= 0.6 is 0 Å². The molecule has 1 aliphatic heterocycles. The van der Waals surface area contributed by atoms with E-state index >= 15 is 0 Å². The lowest BCUT2D eigenvalue weighted by Gasteiger charge is -2.11. The average Bonchev–Trinajstić information content (AvgIpc) is 3.24. The van der Waals surface area contributed by atoms with E-state index in [1.165, 1.54) is 5.56 Å². The summed E-state index contributed by atoms with van der Waals surface area (Å²) in [4.78, 5) is 25.4. The molecule has 1 atom stereocenters. The molecule has 32 heavy (non-hydrogen) atoms. The highest BCUT2D eigenvalue weighted by molar-refractivity contribution is 6.04. The molecule has 3 aromatic rings. The number of hydrogen-bond donors (Lipinski definition) is 2. The minimum Gasteiger partial charge on any atom is -0.378 e. The van der Waals surface area contributed by atoms with Gasteiger partial charge >= 0.3 is 0 Å². The molecule has 2 amide bonds. The van der Waals surface area contributed by atoms with E-state index in [-0.39, 0.29) is 18.2 Å². The summed E-state index contributed by atoms with van der Waals surface area (Å²) < 4.78 is 6.95. The Kier molecular flexibility index (Phi) is 6.10. The summed E-state index contributed by atoms with van der Waals surface area (Å²) in [6, 6.07) is 15.1. The minimum atomic E-state index is -0.713. The third-order valence-corrected chi connectivity index (χ3v) is 5.68. The molecule has 0 saturated heterocycles. The number of carbonyl (C=O) groups excluding carboxylic acids is 2. The predicted molar refractivity (Wildman–Crippen MR) is 125 cm³/mol. The van der Waals surface area contributed by atoms with Crippen molar-refractivity contribution in [3.8, 4) is 11.1 Å². The van der Waals surface area contributed by atoms with Crippen LogP contribution in [0.5, 0.6) is 0 Å². The fourth-order valence-corrected chi connectivity index (χ4v) is 3.92. The Morgan fingerprint density at radius 2 is 1.84 bits per heavy atom. The normalized spacial score (nSPS) is 15.0. The molecule has 2 heterocycles. The predicted octanol–water partition coefficient (Wildman–Crippen LogP) is 4.65. The Bertz CT molecular complexity index is 1130. The van der Waals surface area contributed by atoms with Crippen LogP contribution < -0.4 is 10.6 Å². The van der Waals surface area contributed by atoms with Gasteiger partial charge in [-0.25, -0.2) is 4.68 Å². The van der Waals surface area contributed by atoms with E-state index in [0.717, 1.165) is 22.4 Å². The number of carbonyl (C=O) groups is 2. The molecular weight excluding hydrogens is 404 g/mol. The molecule has 0 aliphatic carbocycles. The van der Waals surface area contributed by atoms with E-state index in [1.807, 2.05) is 55.5 Å². The molecular formula is C25H28N4O3. The second-order valence-corrected chi connectivity index (χ2v) is 8.45. The van der Waals surface area contributed by atoms with E-state index in [2.05, 4.69) is 29.6 Å². The standard InChI is InChI=1S/C25H28N4O3/c1-15(2)17-9-11-19(12-10-17)26-22(30)13-21-25(31)27-24-23(18-7-5-16(3)6-8-18)20(14-32-4)28-29(21)24/h5-12,15,21H,13-14H2,1-4H3,(H,26,30)(H,27,31). The van der Waals surface area contributed by atoms with Crippen molar-refractivity contribution in [1.29, 1.82) is 0 Å². The second kappa shape index (κ2) is 8.96. The zero-order valence-corrected chi connectivity index (χ0v) is 18.8. The van der Waals surface area contributed by atoms with Crippen molar-refractivity contribution >= 4 is 23.3 Å². The van der Waals surface area contributed by atoms with Crippen molar-refractivity contribution in [2.45, 2.75) is 45.8 Å². The number of fused-ring (bicyclic) bond motifs is 1. The highest BCUT2D eigenvalue weighted by Gasteiger charge is 2.37. The summed E-state index contributed by atoms with van der Waals surface area (Å²) in [5, 5.41) is 10.4. The fraction of sp³-hybridized carbons (Fsp3) is 0.320. The molecule has 1 aromatic heterocycles. The SMILES string of the molecule is COCc1nn2c(c1-c1ccc(C)cc1)NC(=O)C2CC(=O)Nc1ccc(C(C)C)cc1. The number of rotatable bonds is 7. The van der Waals surface area contributed by atoms with Gasteiger partial charge in [0.05, 0.1) is 18.7 Å². The molecule has 4 rings (SSSR count).